The molecule has 0 heterocycles. The maximum absolute atomic E-state index is 11.8. The average molecular weight is 250 g/mol. The summed E-state index contributed by atoms with van der Waals surface area (Å²) in [5.74, 6) is 0.718. The Labute approximate surface area is 109 Å². The summed E-state index contributed by atoms with van der Waals surface area (Å²) < 4.78 is 5.61. The Morgan fingerprint density at radius 1 is 1.33 bits per heavy atom. The molecule has 0 spiro atoms. The van der Waals surface area contributed by atoms with Crippen molar-refractivity contribution in [2.45, 2.75) is 33.7 Å². The van der Waals surface area contributed by atoms with Gasteiger partial charge in [0.25, 0.3) is 5.91 Å². The van der Waals surface area contributed by atoms with Crippen LogP contribution in [0.3, 0.4) is 0 Å². The summed E-state index contributed by atoms with van der Waals surface area (Å²) in [7, 11) is 1.78. The molecule has 0 aliphatic carbocycles. The number of rotatable bonds is 4. The Balaban J connectivity index is 2.73. The van der Waals surface area contributed by atoms with Crippen LogP contribution in [-0.2, 0) is 4.79 Å². The number of carbonyl (C=O) groups is 1. The molecule has 100 valence electrons. The Kier molecular flexibility index (Phi) is 4.59. The van der Waals surface area contributed by atoms with Crippen molar-refractivity contribution in [1.29, 1.82) is 0 Å². The number of amides is 1. The first-order valence-electron chi connectivity index (χ1n) is 6.08. The van der Waals surface area contributed by atoms with Gasteiger partial charge in [-0.3, -0.25) is 4.79 Å². The van der Waals surface area contributed by atoms with E-state index in [4.69, 9.17) is 10.5 Å². The molecule has 0 saturated heterocycles. The van der Waals surface area contributed by atoms with Crippen LogP contribution in [0, 0.1) is 13.8 Å². The van der Waals surface area contributed by atoms with Crippen molar-refractivity contribution in [3.63, 3.8) is 0 Å². The van der Waals surface area contributed by atoms with E-state index < -0.39 is 0 Å². The third-order valence-corrected chi connectivity index (χ3v) is 2.99. The van der Waals surface area contributed by atoms with Crippen LogP contribution in [0.1, 0.15) is 25.0 Å². The quantitative estimate of drug-likeness (QED) is 0.833. The van der Waals surface area contributed by atoms with Gasteiger partial charge in [-0.25, -0.2) is 0 Å². The normalized spacial score (nSPS) is 10.6. The third-order valence-electron chi connectivity index (χ3n) is 2.99. The largest absolute Gasteiger partial charge is 0.483 e. The molecule has 0 aliphatic rings. The first-order chi connectivity index (χ1) is 8.32. The molecule has 4 nitrogen and oxygen atoms in total. The minimum Gasteiger partial charge on any atom is -0.483 e. The lowest BCUT2D eigenvalue weighted by molar-refractivity contribution is -0.133. The fraction of sp³-hybridized carbons (Fsp3) is 0.500. The van der Waals surface area contributed by atoms with E-state index in [-0.39, 0.29) is 18.6 Å². The van der Waals surface area contributed by atoms with Gasteiger partial charge in [-0.1, -0.05) is 0 Å². The van der Waals surface area contributed by atoms with Gasteiger partial charge in [-0.15, -0.1) is 0 Å². The minimum atomic E-state index is -0.0272. The number of anilines is 1. The summed E-state index contributed by atoms with van der Waals surface area (Å²) in [5.41, 5.74) is 8.36. The third kappa shape index (κ3) is 3.39. The molecule has 0 bridgehead atoms. The molecule has 0 aromatic heterocycles. The van der Waals surface area contributed by atoms with Gasteiger partial charge in [-0.2, -0.15) is 0 Å². The fourth-order valence-electron chi connectivity index (χ4n) is 1.74. The van der Waals surface area contributed by atoms with Gasteiger partial charge < -0.3 is 15.4 Å². The highest BCUT2D eigenvalue weighted by Crippen LogP contribution is 2.25. The van der Waals surface area contributed by atoms with Gasteiger partial charge in [0, 0.05) is 18.8 Å². The number of aryl methyl sites for hydroxylation is 2. The van der Waals surface area contributed by atoms with Crippen LogP contribution in [0.4, 0.5) is 5.69 Å². The van der Waals surface area contributed by atoms with Gasteiger partial charge in [0.05, 0.1) is 0 Å². The number of nitrogen functional groups attached to an aromatic ring is 1. The van der Waals surface area contributed by atoms with Crippen LogP contribution in [-0.4, -0.2) is 30.5 Å². The van der Waals surface area contributed by atoms with E-state index in [2.05, 4.69) is 0 Å². The van der Waals surface area contributed by atoms with Crippen LogP contribution < -0.4 is 10.5 Å². The Hall–Kier alpha value is -1.71. The van der Waals surface area contributed by atoms with Crippen LogP contribution >= 0.6 is 0 Å². The average Bonchev–Trinajstić information content (AvgIpc) is 2.25. The predicted octanol–water partition coefficient (Wildman–Crippen LogP) is 2.13. The van der Waals surface area contributed by atoms with Crippen molar-refractivity contribution in [2.24, 2.45) is 0 Å². The molecule has 1 amide bonds. The highest BCUT2D eigenvalue weighted by Gasteiger charge is 2.14. The second-order valence-electron chi connectivity index (χ2n) is 4.87. The summed E-state index contributed by atoms with van der Waals surface area (Å²) in [6.07, 6.45) is 0. The molecule has 0 aliphatic heterocycles. The van der Waals surface area contributed by atoms with Crippen LogP contribution in [0.5, 0.6) is 5.75 Å². The number of ether oxygens (including phenoxy) is 1. The number of carbonyl (C=O) groups excluding carboxylic acids is 1. The molecule has 0 fully saturated rings. The second-order valence-corrected chi connectivity index (χ2v) is 4.87. The topological polar surface area (TPSA) is 55.6 Å². The highest BCUT2D eigenvalue weighted by molar-refractivity contribution is 5.77. The van der Waals surface area contributed by atoms with E-state index in [1.54, 1.807) is 11.9 Å². The van der Waals surface area contributed by atoms with Crippen molar-refractivity contribution in [3.8, 4) is 5.75 Å². The maximum Gasteiger partial charge on any atom is 0.260 e. The summed E-state index contributed by atoms with van der Waals surface area (Å²) >= 11 is 0. The number of benzene rings is 1. The summed E-state index contributed by atoms with van der Waals surface area (Å²) in [5, 5.41) is 0. The molecule has 0 saturated carbocycles. The van der Waals surface area contributed by atoms with E-state index in [1.807, 2.05) is 39.8 Å². The minimum absolute atomic E-state index is 0.0272. The van der Waals surface area contributed by atoms with Crippen LogP contribution in [0.15, 0.2) is 12.1 Å². The molecule has 1 aromatic carbocycles. The lowest BCUT2D eigenvalue weighted by atomic mass is 10.1. The first-order valence-corrected chi connectivity index (χ1v) is 6.08. The second kappa shape index (κ2) is 5.76. The lowest BCUT2D eigenvalue weighted by Gasteiger charge is -2.22. The number of likely N-dealkylation sites (N-methyl/N-ethyl adjacent to an activating group) is 1. The zero-order chi connectivity index (χ0) is 13.9. The zero-order valence-electron chi connectivity index (χ0n) is 11.8. The zero-order valence-corrected chi connectivity index (χ0v) is 11.8. The molecular formula is C14H22N2O2. The van der Waals surface area contributed by atoms with Crippen molar-refractivity contribution >= 4 is 11.6 Å². The summed E-state index contributed by atoms with van der Waals surface area (Å²) in [4.78, 5) is 13.5. The van der Waals surface area contributed by atoms with Gasteiger partial charge in [0.1, 0.15) is 5.75 Å². The van der Waals surface area contributed by atoms with Gasteiger partial charge in [0.15, 0.2) is 6.61 Å². The monoisotopic (exact) mass is 250 g/mol. The molecule has 0 radical (unpaired) electrons. The molecule has 0 unspecified atom stereocenters. The molecule has 0 atom stereocenters. The predicted molar refractivity (Wildman–Crippen MR) is 73.7 cm³/mol. The highest BCUT2D eigenvalue weighted by atomic mass is 16.5. The van der Waals surface area contributed by atoms with Crippen molar-refractivity contribution in [2.75, 3.05) is 19.4 Å². The molecule has 18 heavy (non-hydrogen) atoms. The number of nitrogens with zero attached hydrogens (tertiary/aromatic N) is 1. The van der Waals surface area contributed by atoms with Gasteiger partial charge >= 0.3 is 0 Å². The number of hydrogen-bond donors (Lipinski definition) is 1. The van der Waals surface area contributed by atoms with E-state index in [1.165, 1.54) is 0 Å². The summed E-state index contributed by atoms with van der Waals surface area (Å²) in [6.45, 7) is 7.85. The van der Waals surface area contributed by atoms with E-state index in [9.17, 15) is 4.79 Å². The SMILES string of the molecule is Cc1cc(N)cc(C)c1OCC(=O)N(C)C(C)C. The molecule has 2 N–H and O–H groups in total. The van der Waals surface area contributed by atoms with Crippen LogP contribution in [0.25, 0.3) is 0 Å². The van der Waals surface area contributed by atoms with Gasteiger partial charge in [-0.05, 0) is 51.0 Å². The van der Waals surface area contributed by atoms with Crippen molar-refractivity contribution in [3.05, 3.63) is 23.3 Å². The fourth-order valence-corrected chi connectivity index (χ4v) is 1.74. The lowest BCUT2D eigenvalue weighted by Crippen LogP contribution is -2.36. The summed E-state index contributed by atoms with van der Waals surface area (Å²) in [6, 6.07) is 3.87. The van der Waals surface area contributed by atoms with E-state index in [0.29, 0.717) is 5.69 Å². The Bertz CT molecular complexity index is 418. The smallest absolute Gasteiger partial charge is 0.260 e. The number of nitrogens with two attached hydrogens (primary N) is 1. The molecular weight excluding hydrogens is 228 g/mol. The number of hydrogen-bond acceptors (Lipinski definition) is 3. The van der Waals surface area contributed by atoms with Gasteiger partial charge in [0.2, 0.25) is 0 Å². The van der Waals surface area contributed by atoms with Crippen LogP contribution in [0.2, 0.25) is 0 Å². The standard InChI is InChI=1S/C14H22N2O2/c1-9(2)16(5)13(17)8-18-14-10(3)6-12(15)7-11(14)4/h6-7,9H,8,15H2,1-5H3. The molecule has 1 rings (SSSR count). The Morgan fingerprint density at radius 2 is 1.83 bits per heavy atom. The van der Waals surface area contributed by atoms with E-state index in [0.717, 1.165) is 16.9 Å². The van der Waals surface area contributed by atoms with Crippen molar-refractivity contribution in [1.82, 2.24) is 4.90 Å². The van der Waals surface area contributed by atoms with E-state index >= 15 is 0 Å². The van der Waals surface area contributed by atoms with Crippen molar-refractivity contribution < 1.29 is 9.53 Å². The Morgan fingerprint density at radius 3 is 2.28 bits per heavy atom. The maximum atomic E-state index is 11.8. The first kappa shape index (κ1) is 14.4. The molecule has 1 aromatic rings. The molecule has 4 heteroatoms.